The minimum atomic E-state index is -4.76. The Hall–Kier alpha value is 0.0300. The van der Waals surface area contributed by atoms with E-state index >= 15 is 0 Å². The summed E-state index contributed by atoms with van der Waals surface area (Å²) in [7, 11) is 0.858. The van der Waals surface area contributed by atoms with Crippen molar-refractivity contribution < 1.29 is 22.7 Å². The highest BCUT2D eigenvalue weighted by Crippen LogP contribution is 2.39. The Kier molecular flexibility index (Phi) is 3.84. The van der Waals surface area contributed by atoms with Gasteiger partial charge in [-0.1, -0.05) is 15.9 Å². The maximum Gasteiger partial charge on any atom is 0.415 e. The quantitative estimate of drug-likeness (QED) is 0.567. The van der Waals surface area contributed by atoms with Gasteiger partial charge in [-0.2, -0.15) is 13.2 Å². The number of rotatable bonds is 2. The van der Waals surface area contributed by atoms with Crippen LogP contribution in [-0.2, 0) is 9.53 Å². The normalized spacial score (nSPS) is 16.8. The molecule has 12 heavy (non-hydrogen) atoms. The zero-order valence-electron chi connectivity index (χ0n) is 5.91. The summed E-state index contributed by atoms with van der Waals surface area (Å²) in [5.41, 5.74) is 0. The number of esters is 1. The van der Waals surface area contributed by atoms with Crippen molar-refractivity contribution in [2.45, 2.75) is 10.5 Å². The van der Waals surface area contributed by atoms with Crippen LogP contribution >= 0.6 is 27.5 Å². The Balaban J connectivity index is 4.80. The van der Waals surface area contributed by atoms with E-state index in [1.807, 2.05) is 0 Å². The van der Waals surface area contributed by atoms with Crippen molar-refractivity contribution in [1.82, 2.24) is 0 Å². The first kappa shape index (κ1) is 12.0. The molecule has 0 spiro atoms. The highest BCUT2D eigenvalue weighted by Gasteiger charge is 2.59. The summed E-state index contributed by atoms with van der Waals surface area (Å²) < 4.78 is 37.5. The van der Waals surface area contributed by atoms with Crippen LogP contribution in [0, 0.1) is 0 Å². The molecule has 0 saturated carbocycles. The van der Waals surface area contributed by atoms with Crippen molar-refractivity contribution >= 4 is 33.5 Å². The second-order valence-electron chi connectivity index (χ2n) is 1.92. The van der Waals surface area contributed by atoms with Crippen molar-refractivity contribution in [2.24, 2.45) is 0 Å². The lowest BCUT2D eigenvalue weighted by molar-refractivity contribution is -0.180. The number of carbonyl (C=O) groups excluding carboxylic acids is 1. The Morgan fingerprint density at radius 1 is 1.58 bits per heavy atom. The molecule has 2 nitrogen and oxygen atoms in total. The molecule has 0 aromatic heterocycles. The smallest absolute Gasteiger partial charge is 0.415 e. The van der Waals surface area contributed by atoms with E-state index < -0.39 is 22.3 Å². The van der Waals surface area contributed by atoms with Crippen LogP contribution < -0.4 is 0 Å². The molecular weight excluding hydrogens is 264 g/mol. The summed E-state index contributed by atoms with van der Waals surface area (Å²) >= 11 is 7.20. The molecule has 0 heterocycles. The van der Waals surface area contributed by atoms with E-state index in [1.54, 1.807) is 0 Å². The summed E-state index contributed by atoms with van der Waals surface area (Å²) in [5, 5.41) is 0. The summed E-state index contributed by atoms with van der Waals surface area (Å²) in [5.74, 6) is -2.38. The predicted molar refractivity (Wildman–Crippen MR) is 40.4 cm³/mol. The molecule has 0 aliphatic heterocycles. The summed E-state index contributed by atoms with van der Waals surface area (Å²) in [4.78, 5) is 10.6. The van der Waals surface area contributed by atoms with Crippen molar-refractivity contribution in [3.8, 4) is 0 Å². The maximum atomic E-state index is 12.1. The van der Waals surface area contributed by atoms with Gasteiger partial charge in [0.05, 0.1) is 13.0 Å². The van der Waals surface area contributed by atoms with Gasteiger partial charge in [0.2, 0.25) is 4.32 Å². The molecule has 0 radical (unpaired) electrons. The Morgan fingerprint density at radius 3 is 2.08 bits per heavy atom. The average Bonchev–Trinajstić information content (AvgIpc) is 1.99. The second kappa shape index (κ2) is 3.83. The van der Waals surface area contributed by atoms with Crippen LogP contribution in [0.5, 0.6) is 0 Å². The average molecular weight is 269 g/mol. The van der Waals surface area contributed by atoms with Crippen LogP contribution in [0.25, 0.3) is 0 Å². The summed E-state index contributed by atoms with van der Waals surface area (Å²) in [6, 6.07) is 0. The first-order chi connectivity index (χ1) is 5.29. The van der Waals surface area contributed by atoms with Crippen LogP contribution in [0.4, 0.5) is 13.2 Å². The number of ether oxygens (including phenoxy) is 1. The molecule has 1 unspecified atom stereocenters. The van der Waals surface area contributed by atoms with E-state index in [0.29, 0.717) is 0 Å². The number of halogens is 5. The predicted octanol–water partition coefficient (Wildman–Crippen LogP) is 2.09. The zero-order valence-corrected chi connectivity index (χ0v) is 8.26. The molecule has 0 aromatic carbocycles. The first-order valence-electron chi connectivity index (χ1n) is 2.69. The van der Waals surface area contributed by atoms with Gasteiger partial charge in [-0.05, 0) is 0 Å². The van der Waals surface area contributed by atoms with Crippen LogP contribution in [-0.4, -0.2) is 29.5 Å². The van der Waals surface area contributed by atoms with E-state index in [4.69, 9.17) is 11.6 Å². The molecule has 1 atom stereocenters. The maximum absolute atomic E-state index is 12.1. The summed E-state index contributed by atoms with van der Waals surface area (Å²) in [6.45, 7) is 0. The van der Waals surface area contributed by atoms with Crippen molar-refractivity contribution in [3.63, 3.8) is 0 Å². The third kappa shape index (κ3) is 2.04. The van der Waals surface area contributed by atoms with Crippen molar-refractivity contribution in [2.75, 3.05) is 13.0 Å². The van der Waals surface area contributed by atoms with E-state index in [9.17, 15) is 18.0 Å². The SMILES string of the molecule is COC(=O)C(Br)(CCl)C(F)(F)F. The molecule has 0 aromatic rings. The third-order valence-electron chi connectivity index (χ3n) is 1.14. The lowest BCUT2D eigenvalue weighted by atomic mass is 10.2. The lowest BCUT2D eigenvalue weighted by Crippen LogP contribution is -2.48. The largest absolute Gasteiger partial charge is 0.468 e. The first-order valence-corrected chi connectivity index (χ1v) is 4.02. The van der Waals surface area contributed by atoms with Gasteiger partial charge in [0.1, 0.15) is 0 Å². The van der Waals surface area contributed by atoms with Crippen LogP contribution in [0.2, 0.25) is 0 Å². The Bertz CT molecular complexity index is 184. The van der Waals surface area contributed by atoms with Crippen LogP contribution in [0.3, 0.4) is 0 Å². The van der Waals surface area contributed by atoms with Gasteiger partial charge in [0, 0.05) is 0 Å². The molecule has 0 bridgehead atoms. The standard InChI is InChI=1S/C5H5BrClF3O2/c1-12-3(11)4(6,2-7)5(8,9)10/h2H2,1H3. The Morgan fingerprint density at radius 2 is 2.00 bits per heavy atom. The second-order valence-corrected chi connectivity index (χ2v) is 3.55. The molecule has 0 saturated heterocycles. The van der Waals surface area contributed by atoms with Crippen LogP contribution in [0.15, 0.2) is 0 Å². The minimum Gasteiger partial charge on any atom is -0.468 e. The van der Waals surface area contributed by atoms with Crippen molar-refractivity contribution in [1.29, 1.82) is 0 Å². The van der Waals surface area contributed by atoms with E-state index in [2.05, 4.69) is 20.7 Å². The van der Waals surface area contributed by atoms with E-state index in [0.717, 1.165) is 7.11 Å². The number of carbonyl (C=O) groups is 1. The molecule has 0 amide bonds. The molecular formula is C5H5BrClF3O2. The third-order valence-corrected chi connectivity index (χ3v) is 2.92. The fourth-order valence-electron chi connectivity index (χ4n) is 0.408. The van der Waals surface area contributed by atoms with Gasteiger partial charge < -0.3 is 4.74 Å². The van der Waals surface area contributed by atoms with E-state index in [-0.39, 0.29) is 0 Å². The Labute approximate surface area is 80.1 Å². The van der Waals surface area contributed by atoms with Gasteiger partial charge in [0.25, 0.3) is 0 Å². The fraction of sp³-hybridized carbons (Fsp3) is 0.800. The molecule has 0 fully saturated rings. The van der Waals surface area contributed by atoms with Gasteiger partial charge >= 0.3 is 12.1 Å². The van der Waals surface area contributed by atoms with Gasteiger partial charge in [-0.15, -0.1) is 11.6 Å². The fourth-order valence-corrected chi connectivity index (χ4v) is 0.830. The topological polar surface area (TPSA) is 26.3 Å². The number of hydrogen-bond acceptors (Lipinski definition) is 2. The van der Waals surface area contributed by atoms with Gasteiger partial charge in [-0.25, -0.2) is 0 Å². The molecule has 72 valence electrons. The number of methoxy groups -OCH3 is 1. The minimum absolute atomic E-state index is 0.858. The summed E-state index contributed by atoms with van der Waals surface area (Å²) in [6.07, 6.45) is -4.76. The highest BCUT2D eigenvalue weighted by molar-refractivity contribution is 9.10. The van der Waals surface area contributed by atoms with Crippen molar-refractivity contribution in [3.05, 3.63) is 0 Å². The van der Waals surface area contributed by atoms with Gasteiger partial charge in [0.15, 0.2) is 0 Å². The molecule has 0 aliphatic carbocycles. The zero-order chi connectivity index (χ0) is 9.99. The molecule has 0 aliphatic rings. The van der Waals surface area contributed by atoms with Crippen LogP contribution in [0.1, 0.15) is 0 Å². The van der Waals surface area contributed by atoms with Gasteiger partial charge in [-0.3, -0.25) is 4.79 Å². The number of hydrogen-bond donors (Lipinski definition) is 0. The van der Waals surface area contributed by atoms with E-state index in [1.165, 1.54) is 0 Å². The lowest BCUT2D eigenvalue weighted by Gasteiger charge is -2.24. The molecule has 0 rings (SSSR count). The molecule has 0 N–H and O–H groups in total. The molecule has 7 heteroatoms. The monoisotopic (exact) mass is 268 g/mol. The highest BCUT2D eigenvalue weighted by atomic mass is 79.9. The number of alkyl halides is 5.